The molecule has 0 spiro atoms. The minimum Gasteiger partial charge on any atom is -0.326 e. The minimum atomic E-state index is -0.365. The summed E-state index contributed by atoms with van der Waals surface area (Å²) in [5, 5.41) is 9.97. The average molecular weight is 417 g/mol. The van der Waals surface area contributed by atoms with Crippen molar-refractivity contribution in [2.75, 3.05) is 10.6 Å². The number of hydrogen-bond acceptors (Lipinski definition) is 3. The molecule has 2 amide bonds. The minimum absolute atomic E-state index is 0.112. The maximum Gasteiger partial charge on any atom is 0.261 e. The van der Waals surface area contributed by atoms with Crippen molar-refractivity contribution in [2.24, 2.45) is 0 Å². The molecule has 0 aliphatic carbocycles. The van der Waals surface area contributed by atoms with Gasteiger partial charge in [0.05, 0.1) is 11.9 Å². The molecule has 0 bridgehead atoms. The Kier molecular flexibility index (Phi) is 5.61. The van der Waals surface area contributed by atoms with Gasteiger partial charge in [0.1, 0.15) is 11.4 Å². The van der Waals surface area contributed by atoms with Crippen LogP contribution in [0.2, 0.25) is 0 Å². The van der Waals surface area contributed by atoms with Gasteiger partial charge in [-0.3, -0.25) is 9.59 Å². The molecule has 156 valence electrons. The first-order valence-corrected chi connectivity index (χ1v) is 9.73. The van der Waals surface area contributed by atoms with Crippen LogP contribution in [0.15, 0.2) is 79.3 Å². The van der Waals surface area contributed by atoms with Crippen LogP contribution in [-0.4, -0.2) is 26.2 Å². The van der Waals surface area contributed by atoms with E-state index in [1.54, 1.807) is 65.0 Å². The van der Waals surface area contributed by atoms with Crippen molar-refractivity contribution in [1.82, 2.24) is 14.3 Å². The van der Waals surface area contributed by atoms with E-state index in [0.717, 1.165) is 0 Å². The normalized spacial score (nSPS) is 10.6. The van der Waals surface area contributed by atoms with E-state index in [1.165, 1.54) is 18.3 Å². The molecule has 2 heterocycles. The highest BCUT2D eigenvalue weighted by Crippen LogP contribution is 2.22. The third-order valence-corrected chi connectivity index (χ3v) is 4.63. The van der Waals surface area contributed by atoms with Crippen molar-refractivity contribution in [1.29, 1.82) is 0 Å². The molecule has 2 aromatic heterocycles. The van der Waals surface area contributed by atoms with E-state index in [-0.39, 0.29) is 17.6 Å². The van der Waals surface area contributed by atoms with E-state index in [0.29, 0.717) is 34.9 Å². The molecule has 0 saturated heterocycles. The average Bonchev–Trinajstić information content (AvgIpc) is 3.44. The molecule has 7 nitrogen and oxygen atoms in total. The summed E-state index contributed by atoms with van der Waals surface area (Å²) in [6.07, 6.45) is 5.43. The number of aromatic nitrogens is 3. The Morgan fingerprint density at radius 2 is 1.65 bits per heavy atom. The molecule has 0 fully saturated rings. The Labute approximate surface area is 178 Å². The molecule has 2 N–H and O–H groups in total. The van der Waals surface area contributed by atoms with E-state index in [2.05, 4.69) is 15.7 Å². The second-order valence-electron chi connectivity index (χ2n) is 6.80. The third kappa shape index (κ3) is 4.37. The number of amides is 2. The fraction of sp³-hybridized carbons (Fsp3) is 0.0870. The molecule has 2 aromatic carbocycles. The van der Waals surface area contributed by atoms with Crippen LogP contribution in [0, 0.1) is 5.82 Å². The molecule has 0 aliphatic heterocycles. The number of benzene rings is 2. The number of rotatable bonds is 6. The maximum absolute atomic E-state index is 13.4. The highest BCUT2D eigenvalue weighted by molar-refractivity contribution is 6.06. The lowest BCUT2D eigenvalue weighted by molar-refractivity contribution is -0.115. The fourth-order valence-corrected chi connectivity index (χ4v) is 3.12. The summed E-state index contributed by atoms with van der Waals surface area (Å²) in [4.78, 5) is 24.7. The predicted molar refractivity (Wildman–Crippen MR) is 116 cm³/mol. The molecule has 0 atom stereocenters. The van der Waals surface area contributed by atoms with Crippen molar-refractivity contribution in [3.05, 3.63) is 90.6 Å². The number of halogens is 1. The lowest BCUT2D eigenvalue weighted by Crippen LogP contribution is -2.16. The van der Waals surface area contributed by atoms with Gasteiger partial charge in [0.2, 0.25) is 5.91 Å². The standard InChI is InChI=1S/C23H20FN5O2/c1-2-21(30)26-17-6-5-7-18(14-17)27-22(31)20-15-25-29(19-10-8-16(24)9-11-19)23(20)28-12-3-4-13-28/h3-15H,2H2,1H3,(H,26,30)(H,27,31). The molecule has 0 radical (unpaired) electrons. The summed E-state index contributed by atoms with van der Waals surface area (Å²) < 4.78 is 16.7. The lowest BCUT2D eigenvalue weighted by atomic mass is 10.2. The summed E-state index contributed by atoms with van der Waals surface area (Å²) in [6, 6.07) is 16.5. The van der Waals surface area contributed by atoms with E-state index in [1.807, 2.05) is 12.1 Å². The monoisotopic (exact) mass is 417 g/mol. The number of hydrogen-bond donors (Lipinski definition) is 2. The van der Waals surface area contributed by atoms with Crippen molar-refractivity contribution in [3.8, 4) is 11.5 Å². The van der Waals surface area contributed by atoms with Gasteiger partial charge in [0.25, 0.3) is 5.91 Å². The van der Waals surface area contributed by atoms with Crippen LogP contribution in [0.1, 0.15) is 23.7 Å². The second-order valence-corrected chi connectivity index (χ2v) is 6.80. The first kappa shape index (κ1) is 20.1. The Hall–Kier alpha value is -4.20. The summed E-state index contributed by atoms with van der Waals surface area (Å²) >= 11 is 0. The fourth-order valence-electron chi connectivity index (χ4n) is 3.12. The number of carbonyl (C=O) groups excluding carboxylic acids is 2. The van der Waals surface area contributed by atoms with E-state index >= 15 is 0 Å². The van der Waals surface area contributed by atoms with Crippen LogP contribution in [0.5, 0.6) is 0 Å². The number of anilines is 2. The van der Waals surface area contributed by atoms with Gasteiger partial charge in [-0.15, -0.1) is 0 Å². The Morgan fingerprint density at radius 3 is 2.32 bits per heavy atom. The summed E-state index contributed by atoms with van der Waals surface area (Å²) in [5.74, 6) is -0.314. The molecule has 4 aromatic rings. The molecular weight excluding hydrogens is 397 g/mol. The van der Waals surface area contributed by atoms with Gasteiger partial charge in [-0.25, -0.2) is 9.07 Å². The zero-order valence-corrected chi connectivity index (χ0v) is 16.7. The van der Waals surface area contributed by atoms with Crippen molar-refractivity contribution in [2.45, 2.75) is 13.3 Å². The van der Waals surface area contributed by atoms with Gasteiger partial charge in [-0.1, -0.05) is 13.0 Å². The van der Waals surface area contributed by atoms with Gasteiger partial charge < -0.3 is 15.2 Å². The first-order valence-electron chi connectivity index (χ1n) is 9.73. The van der Waals surface area contributed by atoms with Crippen LogP contribution >= 0.6 is 0 Å². The third-order valence-electron chi connectivity index (χ3n) is 4.63. The molecule has 0 aliphatic rings. The van der Waals surface area contributed by atoms with Crippen molar-refractivity contribution < 1.29 is 14.0 Å². The highest BCUT2D eigenvalue weighted by atomic mass is 19.1. The molecule has 0 unspecified atom stereocenters. The molecule has 8 heteroatoms. The Bertz CT molecular complexity index is 1210. The highest BCUT2D eigenvalue weighted by Gasteiger charge is 2.20. The van der Waals surface area contributed by atoms with E-state index in [4.69, 9.17) is 0 Å². The number of nitrogens with zero attached hydrogens (tertiary/aromatic N) is 3. The van der Waals surface area contributed by atoms with Crippen LogP contribution in [-0.2, 0) is 4.79 Å². The molecular formula is C23H20FN5O2. The van der Waals surface area contributed by atoms with Gasteiger partial charge in [-0.05, 0) is 54.6 Å². The summed E-state index contributed by atoms with van der Waals surface area (Å²) in [6.45, 7) is 1.77. The van der Waals surface area contributed by atoms with Crippen LogP contribution in [0.4, 0.5) is 15.8 Å². The zero-order valence-electron chi connectivity index (χ0n) is 16.7. The summed E-state index contributed by atoms with van der Waals surface area (Å²) in [7, 11) is 0. The van der Waals surface area contributed by atoms with Gasteiger partial charge >= 0.3 is 0 Å². The van der Waals surface area contributed by atoms with Gasteiger partial charge in [-0.2, -0.15) is 5.10 Å². The molecule has 31 heavy (non-hydrogen) atoms. The summed E-state index contributed by atoms with van der Waals surface area (Å²) in [5.41, 5.74) is 2.08. The van der Waals surface area contributed by atoms with Crippen molar-refractivity contribution >= 4 is 23.2 Å². The number of carbonyl (C=O) groups is 2. The predicted octanol–water partition coefficient (Wildman–Crippen LogP) is 4.40. The van der Waals surface area contributed by atoms with Crippen LogP contribution in [0.25, 0.3) is 11.5 Å². The number of nitrogens with one attached hydrogen (secondary N) is 2. The second kappa shape index (κ2) is 8.66. The van der Waals surface area contributed by atoms with Crippen LogP contribution < -0.4 is 10.6 Å². The quantitative estimate of drug-likeness (QED) is 0.488. The Balaban J connectivity index is 1.67. The SMILES string of the molecule is CCC(=O)Nc1cccc(NC(=O)c2cnn(-c3ccc(F)cc3)c2-n2cccc2)c1. The zero-order chi connectivity index (χ0) is 21.8. The van der Waals surface area contributed by atoms with Crippen LogP contribution in [0.3, 0.4) is 0 Å². The van der Waals surface area contributed by atoms with E-state index in [9.17, 15) is 14.0 Å². The molecule has 0 saturated carbocycles. The van der Waals surface area contributed by atoms with Gasteiger partial charge in [0, 0.05) is 30.2 Å². The van der Waals surface area contributed by atoms with Gasteiger partial charge in [0.15, 0.2) is 5.82 Å². The largest absolute Gasteiger partial charge is 0.326 e. The maximum atomic E-state index is 13.4. The van der Waals surface area contributed by atoms with E-state index < -0.39 is 0 Å². The topological polar surface area (TPSA) is 81.0 Å². The lowest BCUT2D eigenvalue weighted by Gasteiger charge is -2.12. The van der Waals surface area contributed by atoms with Crippen molar-refractivity contribution in [3.63, 3.8) is 0 Å². The molecule has 4 rings (SSSR count). The first-order chi connectivity index (χ1) is 15.0. The Morgan fingerprint density at radius 1 is 0.968 bits per heavy atom. The smallest absolute Gasteiger partial charge is 0.261 e.